The van der Waals surface area contributed by atoms with E-state index in [0.29, 0.717) is 28.7 Å². The number of anilines is 1. The van der Waals surface area contributed by atoms with E-state index < -0.39 is 22.0 Å². The average Bonchev–Trinajstić information content (AvgIpc) is 2.90. The number of aryl methyl sites for hydroxylation is 1. The molecule has 0 fully saturated rings. The minimum absolute atomic E-state index is 0.0866. The lowest BCUT2D eigenvalue weighted by Gasteiger charge is -2.35. The van der Waals surface area contributed by atoms with E-state index in [4.69, 9.17) is 18.9 Å². The number of methoxy groups -OCH3 is 2. The number of carbonyl (C=O) groups is 1. The van der Waals surface area contributed by atoms with Gasteiger partial charge in [0.25, 0.3) is 15.9 Å². The van der Waals surface area contributed by atoms with Crippen molar-refractivity contribution in [2.75, 3.05) is 38.2 Å². The largest absolute Gasteiger partial charge is 0.497 e. The van der Waals surface area contributed by atoms with Crippen molar-refractivity contribution in [3.8, 4) is 23.0 Å². The number of benzene rings is 3. The van der Waals surface area contributed by atoms with Crippen LogP contribution in [-0.4, -0.2) is 54.3 Å². The molecule has 0 spiro atoms. The average molecular weight is 513 g/mol. The topological polar surface area (TPSA) is 103 Å². The summed E-state index contributed by atoms with van der Waals surface area (Å²) >= 11 is 0. The van der Waals surface area contributed by atoms with Gasteiger partial charge in [0.05, 0.1) is 37.9 Å². The lowest BCUT2D eigenvalue weighted by atomic mass is 10.1. The third-order valence-electron chi connectivity index (χ3n) is 5.64. The Morgan fingerprint density at radius 2 is 1.72 bits per heavy atom. The fraction of sp³-hybridized carbons (Fsp3) is 0.269. The van der Waals surface area contributed by atoms with Crippen LogP contribution in [0.15, 0.2) is 71.6 Å². The fourth-order valence-electron chi connectivity index (χ4n) is 3.75. The van der Waals surface area contributed by atoms with E-state index in [1.807, 2.05) is 6.92 Å². The number of hydrogen-bond acceptors (Lipinski definition) is 7. The van der Waals surface area contributed by atoms with Gasteiger partial charge in [0.15, 0.2) is 6.10 Å². The van der Waals surface area contributed by atoms with Crippen LogP contribution in [0.5, 0.6) is 23.0 Å². The molecule has 1 amide bonds. The Bertz CT molecular complexity index is 1330. The maximum Gasteiger partial charge on any atom is 0.264 e. The Morgan fingerprint density at radius 1 is 1.00 bits per heavy atom. The van der Waals surface area contributed by atoms with Gasteiger partial charge in [-0.3, -0.25) is 9.10 Å². The zero-order chi connectivity index (χ0) is 25.7. The Balaban J connectivity index is 1.48. The highest BCUT2D eigenvalue weighted by Crippen LogP contribution is 2.38. The predicted molar refractivity (Wildman–Crippen MR) is 135 cm³/mol. The molecule has 1 unspecified atom stereocenters. The van der Waals surface area contributed by atoms with Crippen LogP contribution in [0.25, 0.3) is 0 Å². The van der Waals surface area contributed by atoms with Gasteiger partial charge in [-0.05, 0) is 61.0 Å². The molecule has 1 aliphatic heterocycles. The Kier molecular flexibility index (Phi) is 7.54. The van der Waals surface area contributed by atoms with Crippen molar-refractivity contribution in [2.45, 2.75) is 17.9 Å². The third kappa shape index (κ3) is 5.49. The molecule has 0 aromatic heterocycles. The van der Waals surface area contributed by atoms with Gasteiger partial charge in [-0.25, -0.2) is 8.42 Å². The quantitative estimate of drug-likeness (QED) is 0.439. The van der Waals surface area contributed by atoms with Crippen LogP contribution >= 0.6 is 0 Å². The number of nitrogens with one attached hydrogen (secondary N) is 1. The van der Waals surface area contributed by atoms with E-state index in [2.05, 4.69) is 5.32 Å². The first-order valence-electron chi connectivity index (χ1n) is 11.3. The van der Waals surface area contributed by atoms with Crippen molar-refractivity contribution in [1.29, 1.82) is 0 Å². The molecule has 4 rings (SSSR count). The van der Waals surface area contributed by atoms with Gasteiger partial charge in [-0.15, -0.1) is 0 Å². The van der Waals surface area contributed by atoms with Gasteiger partial charge >= 0.3 is 0 Å². The second-order valence-electron chi connectivity index (χ2n) is 8.11. The number of ether oxygens (including phenoxy) is 4. The summed E-state index contributed by atoms with van der Waals surface area (Å²) in [6.45, 7) is 2.12. The van der Waals surface area contributed by atoms with Crippen molar-refractivity contribution in [1.82, 2.24) is 5.32 Å². The first-order chi connectivity index (χ1) is 17.3. The monoisotopic (exact) mass is 512 g/mol. The molecule has 3 aromatic carbocycles. The molecule has 36 heavy (non-hydrogen) atoms. The molecule has 10 heteroatoms. The van der Waals surface area contributed by atoms with Crippen LogP contribution in [-0.2, 0) is 14.8 Å². The molecule has 9 nitrogen and oxygen atoms in total. The van der Waals surface area contributed by atoms with E-state index in [1.54, 1.807) is 61.7 Å². The van der Waals surface area contributed by atoms with Gasteiger partial charge in [0.2, 0.25) is 0 Å². The number of rotatable bonds is 9. The van der Waals surface area contributed by atoms with E-state index in [9.17, 15) is 13.2 Å². The minimum Gasteiger partial charge on any atom is -0.497 e. The summed E-state index contributed by atoms with van der Waals surface area (Å²) < 4.78 is 50.2. The van der Waals surface area contributed by atoms with E-state index >= 15 is 0 Å². The van der Waals surface area contributed by atoms with E-state index in [1.165, 1.54) is 23.5 Å². The van der Waals surface area contributed by atoms with Gasteiger partial charge in [0, 0.05) is 6.07 Å². The SMILES string of the molecule is COc1ccc(S(=O)(=O)N2CC(C(=O)NCCOc3cccc(OC)c3)Oc3ccc(C)cc32)cc1. The van der Waals surface area contributed by atoms with E-state index in [-0.39, 0.29) is 24.6 Å². The number of hydrogen-bond donors (Lipinski definition) is 1. The van der Waals surface area contributed by atoms with Crippen LogP contribution < -0.4 is 28.6 Å². The summed E-state index contributed by atoms with van der Waals surface area (Å²) in [5, 5.41) is 2.76. The lowest BCUT2D eigenvalue weighted by Crippen LogP contribution is -2.51. The van der Waals surface area contributed by atoms with Crippen LogP contribution in [0.1, 0.15) is 5.56 Å². The minimum atomic E-state index is -3.97. The highest BCUT2D eigenvalue weighted by atomic mass is 32.2. The molecule has 1 aliphatic rings. The van der Waals surface area contributed by atoms with Crippen molar-refractivity contribution in [3.05, 3.63) is 72.3 Å². The molecule has 0 bridgehead atoms. The summed E-state index contributed by atoms with van der Waals surface area (Å²) in [6.07, 6.45) is -1.04. The first kappa shape index (κ1) is 25.2. The zero-order valence-corrected chi connectivity index (χ0v) is 21.1. The number of fused-ring (bicyclic) bond motifs is 1. The smallest absolute Gasteiger partial charge is 0.264 e. The molecular weight excluding hydrogens is 484 g/mol. The molecule has 0 aliphatic carbocycles. The Hall–Kier alpha value is -3.92. The van der Waals surface area contributed by atoms with Gasteiger partial charge in [-0.2, -0.15) is 0 Å². The lowest BCUT2D eigenvalue weighted by molar-refractivity contribution is -0.127. The summed E-state index contributed by atoms with van der Waals surface area (Å²) in [5.74, 6) is 1.69. The van der Waals surface area contributed by atoms with Crippen LogP contribution in [0.2, 0.25) is 0 Å². The molecule has 1 atom stereocenters. The predicted octanol–water partition coefficient (Wildman–Crippen LogP) is 3.16. The highest BCUT2D eigenvalue weighted by Gasteiger charge is 2.37. The normalized spacial score (nSPS) is 14.9. The van der Waals surface area contributed by atoms with Gasteiger partial charge in [-0.1, -0.05) is 12.1 Å². The maximum absolute atomic E-state index is 13.6. The van der Waals surface area contributed by atoms with Crippen molar-refractivity contribution in [3.63, 3.8) is 0 Å². The molecule has 0 radical (unpaired) electrons. The standard InChI is InChI=1S/C26H28N2O7S/c1-18-7-12-24-23(15-18)28(36(30,31)22-10-8-19(32-2)9-11-22)17-25(35-24)26(29)27-13-14-34-21-6-4-5-20(16-21)33-3/h4-12,15-16,25H,13-14,17H2,1-3H3,(H,27,29). The van der Waals surface area contributed by atoms with E-state index in [0.717, 1.165) is 5.56 Å². The Labute approximate surface area is 210 Å². The number of amides is 1. The molecule has 3 aromatic rings. The molecule has 190 valence electrons. The molecule has 0 saturated carbocycles. The summed E-state index contributed by atoms with van der Waals surface area (Å²) in [5.41, 5.74) is 1.25. The Morgan fingerprint density at radius 3 is 2.44 bits per heavy atom. The van der Waals surface area contributed by atoms with Crippen molar-refractivity contribution in [2.24, 2.45) is 0 Å². The van der Waals surface area contributed by atoms with Crippen LogP contribution in [0.3, 0.4) is 0 Å². The molecule has 1 heterocycles. The van der Waals surface area contributed by atoms with Gasteiger partial charge in [0.1, 0.15) is 29.6 Å². The number of nitrogens with zero attached hydrogens (tertiary/aromatic N) is 1. The van der Waals surface area contributed by atoms with Crippen LogP contribution in [0, 0.1) is 6.92 Å². The summed E-state index contributed by atoms with van der Waals surface area (Å²) in [6, 6.07) is 18.5. The second kappa shape index (κ2) is 10.8. The molecular formula is C26H28N2O7S. The van der Waals surface area contributed by atoms with Crippen molar-refractivity contribution < 1.29 is 32.2 Å². The zero-order valence-electron chi connectivity index (χ0n) is 20.3. The van der Waals surface area contributed by atoms with Crippen molar-refractivity contribution >= 4 is 21.6 Å². The summed E-state index contributed by atoms with van der Waals surface area (Å²) in [4.78, 5) is 13.0. The van der Waals surface area contributed by atoms with Crippen LogP contribution in [0.4, 0.5) is 5.69 Å². The summed E-state index contributed by atoms with van der Waals surface area (Å²) in [7, 11) is -0.890. The fourth-order valence-corrected chi connectivity index (χ4v) is 5.22. The third-order valence-corrected chi connectivity index (χ3v) is 7.43. The molecule has 0 saturated heterocycles. The number of carbonyl (C=O) groups excluding carboxylic acids is 1. The maximum atomic E-state index is 13.6. The van der Waals surface area contributed by atoms with Gasteiger partial charge < -0.3 is 24.3 Å². The highest BCUT2D eigenvalue weighted by molar-refractivity contribution is 7.92. The first-order valence-corrected chi connectivity index (χ1v) is 12.7. The number of sulfonamides is 1. The molecule has 1 N–H and O–H groups in total. The second-order valence-corrected chi connectivity index (χ2v) is 9.97.